The summed E-state index contributed by atoms with van der Waals surface area (Å²) in [5, 5.41) is 8.97. The van der Waals surface area contributed by atoms with E-state index in [0.717, 1.165) is 21.2 Å². The number of nitriles is 1. The lowest BCUT2D eigenvalue weighted by atomic mass is 9.95. The quantitative estimate of drug-likeness (QED) is 0.730. The fraction of sp³-hybridized carbons (Fsp3) is 0.364. The van der Waals surface area contributed by atoms with E-state index >= 15 is 0 Å². The van der Waals surface area contributed by atoms with Gasteiger partial charge in [0.25, 0.3) is 0 Å². The van der Waals surface area contributed by atoms with Crippen LogP contribution in [-0.2, 0) is 0 Å². The highest BCUT2D eigenvalue weighted by molar-refractivity contribution is 9.10. The number of nitrogens with zero attached hydrogens (tertiary/aromatic N) is 1. The van der Waals surface area contributed by atoms with Gasteiger partial charge in [0.1, 0.15) is 0 Å². The summed E-state index contributed by atoms with van der Waals surface area (Å²) in [6.07, 6.45) is 0. The standard InChI is InChI=1S/C11H12BrN/c1-7(2)10-5-9(12)4-8(3)11(10)6-13/h4-5,7H,1-3H3. The second kappa shape index (κ2) is 3.93. The Bertz CT molecular complexity index is 361. The first kappa shape index (κ1) is 10.3. The van der Waals surface area contributed by atoms with Crippen molar-refractivity contribution < 1.29 is 0 Å². The molecule has 0 saturated heterocycles. The van der Waals surface area contributed by atoms with Gasteiger partial charge in [-0.15, -0.1) is 0 Å². The molecule has 0 spiro atoms. The Labute approximate surface area is 87.5 Å². The number of hydrogen-bond donors (Lipinski definition) is 0. The molecule has 0 bridgehead atoms. The molecule has 0 unspecified atom stereocenters. The maximum Gasteiger partial charge on any atom is 0.0997 e. The van der Waals surface area contributed by atoms with E-state index in [2.05, 4.69) is 35.8 Å². The highest BCUT2D eigenvalue weighted by Gasteiger charge is 2.09. The van der Waals surface area contributed by atoms with E-state index in [1.165, 1.54) is 0 Å². The van der Waals surface area contributed by atoms with Crippen LogP contribution in [0.5, 0.6) is 0 Å². The Morgan fingerprint density at radius 2 is 2.00 bits per heavy atom. The average Bonchev–Trinajstić information content (AvgIpc) is 2.02. The summed E-state index contributed by atoms with van der Waals surface area (Å²) >= 11 is 3.44. The molecule has 1 aromatic carbocycles. The van der Waals surface area contributed by atoms with Gasteiger partial charge >= 0.3 is 0 Å². The van der Waals surface area contributed by atoms with Gasteiger partial charge in [-0.3, -0.25) is 0 Å². The van der Waals surface area contributed by atoms with Gasteiger partial charge in [0.2, 0.25) is 0 Å². The van der Waals surface area contributed by atoms with Gasteiger partial charge < -0.3 is 0 Å². The average molecular weight is 238 g/mol. The van der Waals surface area contributed by atoms with Crippen molar-refractivity contribution in [2.24, 2.45) is 0 Å². The number of halogens is 1. The summed E-state index contributed by atoms with van der Waals surface area (Å²) in [5.74, 6) is 0.394. The summed E-state index contributed by atoms with van der Waals surface area (Å²) in [6, 6.07) is 6.25. The van der Waals surface area contributed by atoms with E-state index in [4.69, 9.17) is 5.26 Å². The van der Waals surface area contributed by atoms with Crippen LogP contribution in [0, 0.1) is 18.3 Å². The van der Waals surface area contributed by atoms with E-state index in [1.807, 2.05) is 19.1 Å². The van der Waals surface area contributed by atoms with Gasteiger partial charge in [-0.2, -0.15) is 5.26 Å². The van der Waals surface area contributed by atoms with Crippen LogP contribution in [0.3, 0.4) is 0 Å². The normalized spacial score (nSPS) is 10.2. The maximum atomic E-state index is 8.97. The third-order valence-electron chi connectivity index (χ3n) is 2.06. The second-order valence-corrected chi connectivity index (χ2v) is 4.37. The van der Waals surface area contributed by atoms with Crippen LogP contribution in [0.25, 0.3) is 0 Å². The van der Waals surface area contributed by atoms with Crippen molar-refractivity contribution in [3.63, 3.8) is 0 Å². The van der Waals surface area contributed by atoms with Crippen molar-refractivity contribution in [1.82, 2.24) is 0 Å². The van der Waals surface area contributed by atoms with Crippen molar-refractivity contribution in [2.75, 3.05) is 0 Å². The van der Waals surface area contributed by atoms with Crippen LogP contribution < -0.4 is 0 Å². The minimum Gasteiger partial charge on any atom is -0.192 e. The van der Waals surface area contributed by atoms with Gasteiger partial charge in [0, 0.05) is 4.47 Å². The zero-order valence-electron chi connectivity index (χ0n) is 8.06. The first-order valence-corrected chi connectivity index (χ1v) is 5.05. The third kappa shape index (κ3) is 2.10. The summed E-state index contributed by atoms with van der Waals surface area (Å²) in [5.41, 5.74) is 2.98. The highest BCUT2D eigenvalue weighted by Crippen LogP contribution is 2.26. The summed E-state index contributed by atoms with van der Waals surface area (Å²) in [4.78, 5) is 0. The van der Waals surface area contributed by atoms with Gasteiger partial charge in [0.15, 0.2) is 0 Å². The smallest absolute Gasteiger partial charge is 0.0997 e. The fourth-order valence-electron chi connectivity index (χ4n) is 1.38. The molecule has 13 heavy (non-hydrogen) atoms. The predicted octanol–water partition coefficient (Wildman–Crippen LogP) is 3.75. The molecule has 0 aromatic heterocycles. The molecule has 0 fully saturated rings. The fourth-order valence-corrected chi connectivity index (χ4v) is 1.97. The van der Waals surface area contributed by atoms with Crippen LogP contribution in [0.2, 0.25) is 0 Å². The molecule has 0 saturated carbocycles. The SMILES string of the molecule is Cc1cc(Br)cc(C(C)C)c1C#N. The zero-order valence-corrected chi connectivity index (χ0v) is 9.64. The molecular formula is C11H12BrN. The van der Waals surface area contributed by atoms with Crippen molar-refractivity contribution in [1.29, 1.82) is 5.26 Å². The van der Waals surface area contributed by atoms with Gasteiger partial charge in [-0.05, 0) is 36.1 Å². The van der Waals surface area contributed by atoms with Gasteiger partial charge in [-0.1, -0.05) is 29.8 Å². The Morgan fingerprint density at radius 1 is 1.38 bits per heavy atom. The molecule has 0 aliphatic carbocycles. The lowest BCUT2D eigenvalue weighted by Crippen LogP contribution is -1.95. The molecule has 0 aliphatic heterocycles. The van der Waals surface area contributed by atoms with E-state index in [0.29, 0.717) is 5.92 Å². The first-order chi connectivity index (χ1) is 6.06. The lowest BCUT2D eigenvalue weighted by molar-refractivity contribution is 0.859. The van der Waals surface area contributed by atoms with Gasteiger partial charge in [0.05, 0.1) is 11.6 Å². The molecule has 0 atom stereocenters. The van der Waals surface area contributed by atoms with Crippen LogP contribution in [-0.4, -0.2) is 0 Å². The molecule has 0 heterocycles. The van der Waals surface area contributed by atoms with Crippen LogP contribution >= 0.6 is 15.9 Å². The van der Waals surface area contributed by atoms with Crippen molar-refractivity contribution in [2.45, 2.75) is 26.7 Å². The molecule has 0 radical (unpaired) electrons. The number of rotatable bonds is 1. The van der Waals surface area contributed by atoms with Crippen LogP contribution in [0.1, 0.15) is 36.5 Å². The number of aryl methyl sites for hydroxylation is 1. The molecular weight excluding hydrogens is 226 g/mol. The monoisotopic (exact) mass is 237 g/mol. The molecule has 1 aromatic rings. The Hall–Kier alpha value is -0.810. The Morgan fingerprint density at radius 3 is 2.46 bits per heavy atom. The summed E-state index contributed by atoms with van der Waals surface area (Å²) in [6.45, 7) is 6.17. The summed E-state index contributed by atoms with van der Waals surface area (Å²) in [7, 11) is 0. The molecule has 0 amide bonds. The first-order valence-electron chi connectivity index (χ1n) is 4.26. The molecule has 68 valence electrons. The Balaban J connectivity index is 3.41. The van der Waals surface area contributed by atoms with E-state index < -0.39 is 0 Å². The second-order valence-electron chi connectivity index (χ2n) is 3.45. The number of benzene rings is 1. The molecule has 1 rings (SSSR count). The summed E-state index contributed by atoms with van der Waals surface area (Å²) < 4.78 is 1.05. The van der Waals surface area contributed by atoms with Crippen LogP contribution in [0.4, 0.5) is 0 Å². The molecule has 0 N–H and O–H groups in total. The number of hydrogen-bond acceptors (Lipinski definition) is 1. The molecule has 2 heteroatoms. The maximum absolute atomic E-state index is 8.97. The van der Waals surface area contributed by atoms with Crippen molar-refractivity contribution in [3.8, 4) is 6.07 Å². The molecule has 0 aliphatic rings. The van der Waals surface area contributed by atoms with Crippen molar-refractivity contribution >= 4 is 15.9 Å². The van der Waals surface area contributed by atoms with Gasteiger partial charge in [-0.25, -0.2) is 0 Å². The van der Waals surface area contributed by atoms with E-state index in [9.17, 15) is 0 Å². The van der Waals surface area contributed by atoms with Crippen molar-refractivity contribution in [3.05, 3.63) is 33.3 Å². The third-order valence-corrected chi connectivity index (χ3v) is 2.52. The highest BCUT2D eigenvalue weighted by atomic mass is 79.9. The predicted molar refractivity (Wildman–Crippen MR) is 57.7 cm³/mol. The Kier molecular flexibility index (Phi) is 3.11. The molecule has 1 nitrogen and oxygen atoms in total. The van der Waals surface area contributed by atoms with E-state index in [1.54, 1.807) is 0 Å². The van der Waals surface area contributed by atoms with Crippen LogP contribution in [0.15, 0.2) is 16.6 Å². The largest absolute Gasteiger partial charge is 0.192 e. The van der Waals surface area contributed by atoms with E-state index in [-0.39, 0.29) is 0 Å². The minimum atomic E-state index is 0.394. The lowest BCUT2D eigenvalue weighted by Gasteiger charge is -2.10. The zero-order chi connectivity index (χ0) is 10.0. The minimum absolute atomic E-state index is 0.394. The topological polar surface area (TPSA) is 23.8 Å².